The zero-order chi connectivity index (χ0) is 20.6. The Morgan fingerprint density at radius 3 is 2.52 bits per heavy atom. The van der Waals surface area contributed by atoms with E-state index in [1.165, 1.54) is 0 Å². The molecule has 4 rings (SSSR count). The summed E-state index contributed by atoms with van der Waals surface area (Å²) in [6.45, 7) is 6.95. The maximum absolute atomic E-state index is 6.23. The number of hydrogen-bond acceptors (Lipinski definition) is 5. The molecule has 0 amide bonds. The van der Waals surface area contributed by atoms with Crippen LogP contribution in [0.25, 0.3) is 11.0 Å². The first-order valence-corrected chi connectivity index (χ1v) is 9.92. The third kappa shape index (κ3) is 4.04. The van der Waals surface area contributed by atoms with Gasteiger partial charge in [-0.25, -0.2) is 4.68 Å². The molecule has 0 N–H and O–H groups in total. The molecule has 0 saturated carbocycles. The first-order chi connectivity index (χ1) is 13.8. The van der Waals surface area contributed by atoms with Crippen LogP contribution in [0.4, 0.5) is 0 Å². The van der Waals surface area contributed by atoms with E-state index in [4.69, 9.17) is 16.0 Å². The van der Waals surface area contributed by atoms with Crippen molar-refractivity contribution in [2.24, 2.45) is 0 Å². The number of hydrogen-bond donors (Lipinski definition) is 0. The van der Waals surface area contributed by atoms with Crippen molar-refractivity contribution in [1.29, 1.82) is 0 Å². The molecule has 0 fully saturated rings. The SMILES string of the molecule is CN(Cc1ccc(Cl)cc1)C(c1cc2ccccc2o1)c1nnnn1C(C)(C)C. The number of halogens is 1. The molecule has 1 atom stereocenters. The topological polar surface area (TPSA) is 60.0 Å². The third-order valence-electron chi connectivity index (χ3n) is 4.87. The van der Waals surface area contributed by atoms with Crippen molar-refractivity contribution in [2.75, 3.05) is 7.05 Å². The molecule has 0 bridgehead atoms. The maximum atomic E-state index is 6.23. The lowest BCUT2D eigenvalue weighted by molar-refractivity contribution is 0.214. The molecule has 0 aliphatic rings. The number of aromatic nitrogens is 4. The fraction of sp³-hybridized carbons (Fsp3) is 0.318. The lowest BCUT2D eigenvalue weighted by Gasteiger charge is -2.29. The molecule has 0 saturated heterocycles. The van der Waals surface area contributed by atoms with Crippen molar-refractivity contribution < 1.29 is 4.42 Å². The van der Waals surface area contributed by atoms with Gasteiger partial charge in [0.2, 0.25) is 0 Å². The van der Waals surface area contributed by atoms with Crippen LogP contribution < -0.4 is 0 Å². The summed E-state index contributed by atoms with van der Waals surface area (Å²) in [6.07, 6.45) is 0. The second-order valence-electron chi connectivity index (χ2n) is 8.25. The van der Waals surface area contributed by atoms with E-state index in [2.05, 4.69) is 47.3 Å². The molecule has 1 unspecified atom stereocenters. The molecule has 2 heterocycles. The Morgan fingerprint density at radius 1 is 1.10 bits per heavy atom. The number of rotatable bonds is 5. The highest BCUT2D eigenvalue weighted by atomic mass is 35.5. The maximum Gasteiger partial charge on any atom is 0.176 e. The smallest absolute Gasteiger partial charge is 0.176 e. The highest BCUT2D eigenvalue weighted by Gasteiger charge is 2.32. The van der Waals surface area contributed by atoms with Gasteiger partial charge in [0.25, 0.3) is 0 Å². The summed E-state index contributed by atoms with van der Waals surface area (Å²) in [5.41, 5.74) is 1.74. The quantitative estimate of drug-likeness (QED) is 0.461. The van der Waals surface area contributed by atoms with E-state index in [1.807, 2.05) is 60.3 Å². The normalized spacial score (nSPS) is 13.3. The van der Waals surface area contributed by atoms with Crippen LogP contribution in [0.15, 0.2) is 59.0 Å². The van der Waals surface area contributed by atoms with Gasteiger partial charge in [-0.1, -0.05) is 41.9 Å². The van der Waals surface area contributed by atoms with Gasteiger partial charge < -0.3 is 4.42 Å². The van der Waals surface area contributed by atoms with Gasteiger partial charge in [-0.15, -0.1) is 5.10 Å². The van der Waals surface area contributed by atoms with Crippen LogP contribution in [-0.4, -0.2) is 32.2 Å². The summed E-state index contributed by atoms with van der Waals surface area (Å²) in [7, 11) is 2.05. The molecule has 2 aromatic heterocycles. The van der Waals surface area contributed by atoms with Crippen LogP contribution in [0.2, 0.25) is 5.02 Å². The Morgan fingerprint density at radius 2 is 1.83 bits per heavy atom. The molecule has 0 aliphatic carbocycles. The van der Waals surface area contributed by atoms with Gasteiger partial charge in [0, 0.05) is 17.0 Å². The summed E-state index contributed by atoms with van der Waals surface area (Å²) < 4.78 is 8.09. The molecule has 0 spiro atoms. The van der Waals surface area contributed by atoms with Crippen molar-refractivity contribution in [3.8, 4) is 0 Å². The molecule has 7 heteroatoms. The van der Waals surface area contributed by atoms with Crippen LogP contribution in [-0.2, 0) is 12.1 Å². The van der Waals surface area contributed by atoms with Crippen molar-refractivity contribution in [3.63, 3.8) is 0 Å². The Balaban J connectivity index is 1.78. The Hall–Kier alpha value is -2.70. The first kappa shape index (κ1) is 19.6. The molecular formula is C22H24ClN5O. The third-order valence-corrected chi connectivity index (χ3v) is 5.13. The molecule has 150 valence electrons. The number of furan rings is 1. The molecule has 0 radical (unpaired) electrons. The van der Waals surface area contributed by atoms with Gasteiger partial charge in [0.1, 0.15) is 17.4 Å². The van der Waals surface area contributed by atoms with E-state index in [-0.39, 0.29) is 11.6 Å². The van der Waals surface area contributed by atoms with Gasteiger partial charge >= 0.3 is 0 Å². The van der Waals surface area contributed by atoms with Gasteiger partial charge in [-0.05, 0) is 68.1 Å². The van der Waals surface area contributed by atoms with Crippen molar-refractivity contribution in [1.82, 2.24) is 25.1 Å². The summed E-state index contributed by atoms with van der Waals surface area (Å²) >= 11 is 6.05. The second kappa shape index (κ2) is 7.61. The van der Waals surface area contributed by atoms with Gasteiger partial charge in [-0.3, -0.25) is 4.90 Å². The summed E-state index contributed by atoms with van der Waals surface area (Å²) in [4.78, 5) is 2.19. The van der Waals surface area contributed by atoms with E-state index in [1.54, 1.807) is 0 Å². The number of nitrogens with zero attached hydrogens (tertiary/aromatic N) is 5. The van der Waals surface area contributed by atoms with Crippen LogP contribution in [0.1, 0.15) is 44.0 Å². The number of tetrazole rings is 1. The van der Waals surface area contributed by atoms with Crippen molar-refractivity contribution in [3.05, 3.63) is 76.8 Å². The summed E-state index contributed by atoms with van der Waals surface area (Å²) in [5, 5.41) is 14.4. The second-order valence-corrected chi connectivity index (χ2v) is 8.69. The number of para-hydroxylation sites is 1. The van der Waals surface area contributed by atoms with E-state index < -0.39 is 0 Å². The van der Waals surface area contributed by atoms with Crippen molar-refractivity contribution in [2.45, 2.75) is 38.9 Å². The highest BCUT2D eigenvalue weighted by molar-refractivity contribution is 6.30. The molecule has 29 heavy (non-hydrogen) atoms. The van der Waals surface area contributed by atoms with E-state index in [0.717, 1.165) is 33.1 Å². The molecular weight excluding hydrogens is 386 g/mol. The lowest BCUT2D eigenvalue weighted by atomic mass is 10.1. The average molecular weight is 410 g/mol. The van der Waals surface area contributed by atoms with Gasteiger partial charge in [0.05, 0.1) is 5.54 Å². The predicted octanol–water partition coefficient (Wildman–Crippen LogP) is 5.05. The van der Waals surface area contributed by atoms with Crippen molar-refractivity contribution >= 4 is 22.6 Å². The number of benzene rings is 2. The average Bonchev–Trinajstić information content (AvgIpc) is 3.30. The largest absolute Gasteiger partial charge is 0.459 e. The predicted molar refractivity (Wildman–Crippen MR) is 114 cm³/mol. The zero-order valence-electron chi connectivity index (χ0n) is 17.0. The zero-order valence-corrected chi connectivity index (χ0v) is 17.8. The Labute approximate surface area is 175 Å². The number of fused-ring (bicyclic) bond motifs is 1. The fourth-order valence-corrected chi connectivity index (χ4v) is 3.62. The molecule has 4 aromatic rings. The van der Waals surface area contributed by atoms with Crippen LogP contribution in [0.5, 0.6) is 0 Å². The minimum absolute atomic E-state index is 0.243. The van der Waals surface area contributed by atoms with Crippen LogP contribution in [0, 0.1) is 0 Å². The van der Waals surface area contributed by atoms with Crippen LogP contribution >= 0.6 is 11.6 Å². The lowest BCUT2D eigenvalue weighted by Crippen LogP contribution is -2.32. The highest BCUT2D eigenvalue weighted by Crippen LogP contribution is 2.33. The van der Waals surface area contributed by atoms with Gasteiger partial charge in [-0.2, -0.15) is 0 Å². The minimum Gasteiger partial charge on any atom is -0.459 e. The summed E-state index contributed by atoms with van der Waals surface area (Å²) in [6, 6.07) is 17.7. The minimum atomic E-state index is -0.260. The van der Waals surface area contributed by atoms with E-state index in [9.17, 15) is 0 Å². The van der Waals surface area contributed by atoms with Gasteiger partial charge in [0.15, 0.2) is 5.82 Å². The van der Waals surface area contributed by atoms with Crippen LogP contribution in [0.3, 0.4) is 0 Å². The van der Waals surface area contributed by atoms with E-state index in [0.29, 0.717) is 6.54 Å². The Kier molecular flexibility index (Phi) is 5.15. The monoisotopic (exact) mass is 409 g/mol. The summed E-state index contributed by atoms with van der Waals surface area (Å²) in [5.74, 6) is 1.55. The molecule has 6 nitrogen and oxygen atoms in total. The molecule has 2 aromatic carbocycles. The standard InChI is InChI=1S/C22H24ClN5O/c1-22(2,3)28-21(24-25-26-28)20(19-13-16-7-5-6-8-18(16)29-19)27(4)14-15-9-11-17(23)12-10-15/h5-13,20H,14H2,1-4H3. The Bertz CT molecular complexity index is 1080. The first-order valence-electron chi connectivity index (χ1n) is 9.55. The van der Waals surface area contributed by atoms with E-state index >= 15 is 0 Å². The fourth-order valence-electron chi connectivity index (χ4n) is 3.49. The molecule has 0 aliphatic heterocycles.